The Morgan fingerprint density at radius 3 is 2.26 bits per heavy atom. The van der Waals surface area contributed by atoms with Gasteiger partial charge in [0.15, 0.2) is 5.76 Å². The fourth-order valence-corrected chi connectivity index (χ4v) is 3.32. The van der Waals surface area contributed by atoms with Crippen molar-refractivity contribution in [2.75, 3.05) is 26.2 Å². The van der Waals surface area contributed by atoms with Gasteiger partial charge in [0.25, 0.3) is 11.8 Å². The average molecular weight is 385 g/mol. The predicted octanol–water partition coefficient (Wildman–Crippen LogP) is 3.79. The van der Waals surface area contributed by atoms with Crippen LogP contribution < -0.4 is 0 Å². The molecular formula is C20H17ClN2O4. The molecule has 0 N–H and O–H groups in total. The molecule has 1 fully saturated rings. The third-order valence-electron chi connectivity index (χ3n) is 4.58. The van der Waals surface area contributed by atoms with Crippen molar-refractivity contribution in [1.82, 2.24) is 9.80 Å². The molecule has 138 valence electrons. The zero-order valence-electron chi connectivity index (χ0n) is 14.4. The van der Waals surface area contributed by atoms with Gasteiger partial charge in [-0.25, -0.2) is 0 Å². The minimum Gasteiger partial charge on any atom is -0.472 e. The van der Waals surface area contributed by atoms with Gasteiger partial charge in [-0.3, -0.25) is 9.59 Å². The van der Waals surface area contributed by atoms with E-state index < -0.39 is 0 Å². The van der Waals surface area contributed by atoms with E-state index in [1.807, 2.05) is 18.2 Å². The summed E-state index contributed by atoms with van der Waals surface area (Å²) < 4.78 is 10.7. The van der Waals surface area contributed by atoms with E-state index in [0.717, 1.165) is 5.56 Å². The lowest BCUT2D eigenvalue weighted by molar-refractivity contribution is 0.0518. The van der Waals surface area contributed by atoms with Gasteiger partial charge in [0.1, 0.15) is 12.0 Å². The zero-order valence-corrected chi connectivity index (χ0v) is 15.2. The Hall–Kier alpha value is -2.99. The highest BCUT2D eigenvalue weighted by Crippen LogP contribution is 2.29. The summed E-state index contributed by atoms with van der Waals surface area (Å²) in [6.07, 6.45) is 2.90. The number of amides is 2. The molecule has 1 saturated heterocycles. The number of carbonyl (C=O) groups is 2. The highest BCUT2D eigenvalue weighted by molar-refractivity contribution is 6.33. The van der Waals surface area contributed by atoms with Crippen LogP contribution in [-0.4, -0.2) is 47.8 Å². The van der Waals surface area contributed by atoms with Gasteiger partial charge >= 0.3 is 0 Å². The molecule has 1 aromatic carbocycles. The van der Waals surface area contributed by atoms with Gasteiger partial charge in [-0.1, -0.05) is 23.7 Å². The Morgan fingerprint density at radius 1 is 0.889 bits per heavy atom. The van der Waals surface area contributed by atoms with E-state index in [1.54, 1.807) is 34.1 Å². The molecule has 1 aliphatic heterocycles. The number of hydrogen-bond acceptors (Lipinski definition) is 4. The molecule has 0 bridgehead atoms. The first-order valence-electron chi connectivity index (χ1n) is 8.59. The van der Waals surface area contributed by atoms with Crippen molar-refractivity contribution in [1.29, 1.82) is 0 Å². The summed E-state index contributed by atoms with van der Waals surface area (Å²) in [6.45, 7) is 1.83. The normalized spacial score (nSPS) is 14.4. The molecule has 0 saturated carbocycles. The van der Waals surface area contributed by atoms with E-state index in [4.69, 9.17) is 20.4 Å². The Balaban J connectivity index is 1.41. The van der Waals surface area contributed by atoms with Crippen molar-refractivity contribution in [3.8, 4) is 11.3 Å². The quantitative estimate of drug-likeness (QED) is 0.689. The average Bonchev–Trinajstić information content (AvgIpc) is 3.39. The summed E-state index contributed by atoms with van der Waals surface area (Å²) >= 11 is 6.18. The Bertz CT molecular complexity index is 956. The highest BCUT2D eigenvalue weighted by atomic mass is 35.5. The van der Waals surface area contributed by atoms with Crippen molar-refractivity contribution in [2.45, 2.75) is 0 Å². The molecule has 0 aliphatic carbocycles. The lowest BCUT2D eigenvalue weighted by Gasteiger charge is -2.34. The number of halogens is 1. The smallest absolute Gasteiger partial charge is 0.289 e. The van der Waals surface area contributed by atoms with Gasteiger partial charge in [-0.2, -0.15) is 0 Å². The predicted molar refractivity (Wildman–Crippen MR) is 99.7 cm³/mol. The first-order chi connectivity index (χ1) is 13.1. The van der Waals surface area contributed by atoms with Crippen LogP contribution in [0.5, 0.6) is 0 Å². The number of carbonyl (C=O) groups excluding carboxylic acids is 2. The molecule has 3 heterocycles. The maximum absolute atomic E-state index is 12.7. The van der Waals surface area contributed by atoms with Crippen LogP contribution in [0, 0.1) is 0 Å². The largest absolute Gasteiger partial charge is 0.472 e. The number of benzene rings is 1. The van der Waals surface area contributed by atoms with Crippen molar-refractivity contribution < 1.29 is 18.4 Å². The maximum atomic E-state index is 12.7. The standard InChI is InChI=1S/C20H17ClN2O4/c21-16-4-2-1-3-15(16)17-5-6-18(27-17)20(25)23-10-8-22(9-11-23)19(24)14-7-12-26-13-14/h1-7,12-13H,8-11H2. The number of rotatable bonds is 3. The molecular weight excluding hydrogens is 368 g/mol. The highest BCUT2D eigenvalue weighted by Gasteiger charge is 2.27. The van der Waals surface area contributed by atoms with E-state index in [9.17, 15) is 9.59 Å². The number of piperazine rings is 1. The molecule has 3 aromatic rings. The van der Waals surface area contributed by atoms with E-state index in [1.165, 1.54) is 12.5 Å². The minimum atomic E-state index is -0.191. The summed E-state index contributed by atoms with van der Waals surface area (Å²) in [4.78, 5) is 28.4. The van der Waals surface area contributed by atoms with Crippen LogP contribution in [0.3, 0.4) is 0 Å². The van der Waals surface area contributed by atoms with Crippen molar-refractivity contribution in [3.05, 3.63) is 71.3 Å². The summed E-state index contributed by atoms with van der Waals surface area (Å²) in [5, 5.41) is 0.567. The zero-order chi connectivity index (χ0) is 18.8. The van der Waals surface area contributed by atoms with Crippen molar-refractivity contribution >= 4 is 23.4 Å². The Kier molecular flexibility index (Phi) is 4.73. The van der Waals surface area contributed by atoms with Gasteiger partial charge in [-0.05, 0) is 30.3 Å². The third-order valence-corrected chi connectivity index (χ3v) is 4.91. The summed E-state index contributed by atoms with van der Waals surface area (Å²) in [7, 11) is 0. The lowest BCUT2D eigenvalue weighted by Crippen LogP contribution is -2.50. The molecule has 2 aromatic heterocycles. The van der Waals surface area contributed by atoms with Crippen LogP contribution in [-0.2, 0) is 0 Å². The number of nitrogens with zero attached hydrogens (tertiary/aromatic N) is 2. The van der Waals surface area contributed by atoms with E-state index in [2.05, 4.69) is 0 Å². The van der Waals surface area contributed by atoms with Crippen LogP contribution in [0.2, 0.25) is 5.02 Å². The second-order valence-electron chi connectivity index (χ2n) is 6.24. The van der Waals surface area contributed by atoms with Gasteiger partial charge < -0.3 is 18.6 Å². The van der Waals surface area contributed by atoms with Crippen LogP contribution in [0.25, 0.3) is 11.3 Å². The van der Waals surface area contributed by atoms with E-state index >= 15 is 0 Å². The number of hydrogen-bond donors (Lipinski definition) is 0. The lowest BCUT2D eigenvalue weighted by atomic mass is 10.2. The van der Waals surface area contributed by atoms with Crippen LogP contribution in [0.1, 0.15) is 20.9 Å². The summed E-state index contributed by atoms with van der Waals surface area (Å²) in [6, 6.07) is 12.4. The second kappa shape index (κ2) is 7.32. The fourth-order valence-electron chi connectivity index (χ4n) is 3.10. The Morgan fingerprint density at radius 2 is 1.59 bits per heavy atom. The minimum absolute atomic E-state index is 0.0881. The van der Waals surface area contributed by atoms with E-state index in [0.29, 0.717) is 42.5 Å². The molecule has 1 aliphatic rings. The van der Waals surface area contributed by atoms with Gasteiger partial charge in [0.05, 0.1) is 16.8 Å². The van der Waals surface area contributed by atoms with Gasteiger partial charge in [-0.15, -0.1) is 0 Å². The first kappa shape index (κ1) is 17.4. The van der Waals surface area contributed by atoms with Crippen molar-refractivity contribution in [3.63, 3.8) is 0 Å². The second-order valence-corrected chi connectivity index (χ2v) is 6.65. The van der Waals surface area contributed by atoms with Crippen LogP contribution >= 0.6 is 11.6 Å². The molecule has 4 rings (SSSR count). The summed E-state index contributed by atoms with van der Waals surface area (Å²) in [5.74, 6) is 0.538. The summed E-state index contributed by atoms with van der Waals surface area (Å²) in [5.41, 5.74) is 1.26. The molecule has 0 spiro atoms. The number of furan rings is 2. The van der Waals surface area contributed by atoms with E-state index in [-0.39, 0.29) is 17.6 Å². The Labute approximate surface area is 160 Å². The molecule has 0 radical (unpaired) electrons. The fraction of sp³-hybridized carbons (Fsp3) is 0.200. The molecule has 6 nitrogen and oxygen atoms in total. The van der Waals surface area contributed by atoms with Crippen molar-refractivity contribution in [2.24, 2.45) is 0 Å². The molecule has 2 amide bonds. The topological polar surface area (TPSA) is 66.9 Å². The molecule has 0 atom stereocenters. The van der Waals surface area contributed by atoms with Crippen LogP contribution in [0.15, 0.2) is 63.8 Å². The molecule has 7 heteroatoms. The maximum Gasteiger partial charge on any atom is 0.289 e. The molecule has 27 heavy (non-hydrogen) atoms. The molecule has 0 unspecified atom stereocenters. The van der Waals surface area contributed by atoms with Gasteiger partial charge in [0.2, 0.25) is 0 Å². The van der Waals surface area contributed by atoms with Crippen LogP contribution in [0.4, 0.5) is 0 Å². The SMILES string of the molecule is O=C(c1ccoc1)N1CCN(C(=O)c2ccc(-c3ccccc3Cl)o2)CC1. The van der Waals surface area contributed by atoms with Gasteiger partial charge in [0, 0.05) is 31.7 Å². The first-order valence-corrected chi connectivity index (χ1v) is 8.97. The third kappa shape index (κ3) is 3.48. The monoisotopic (exact) mass is 384 g/mol.